The molecule has 5 nitrogen and oxygen atoms in total. The molecule has 7 heteroatoms. The summed E-state index contributed by atoms with van der Waals surface area (Å²) < 4.78 is 33.6. The molecule has 2 fully saturated rings. The van der Waals surface area contributed by atoms with Gasteiger partial charge in [-0.15, -0.1) is 0 Å². The van der Waals surface area contributed by atoms with Crippen molar-refractivity contribution in [1.82, 2.24) is 15.1 Å². The molecule has 0 spiro atoms. The number of alkyl halides is 2. The number of likely N-dealkylation sites (tertiary alicyclic amines) is 2. The van der Waals surface area contributed by atoms with E-state index in [4.69, 9.17) is 4.74 Å². The highest BCUT2D eigenvalue weighted by Crippen LogP contribution is 2.37. The molecule has 0 aliphatic carbocycles. The van der Waals surface area contributed by atoms with Crippen LogP contribution >= 0.6 is 0 Å². The van der Waals surface area contributed by atoms with E-state index >= 15 is 0 Å². The van der Waals surface area contributed by atoms with Crippen molar-refractivity contribution in [3.63, 3.8) is 0 Å². The molecule has 28 heavy (non-hydrogen) atoms. The van der Waals surface area contributed by atoms with Gasteiger partial charge in [-0.3, -0.25) is 4.90 Å². The molecule has 1 N–H and O–H groups in total. The monoisotopic (exact) mass is 395 g/mol. The highest BCUT2D eigenvalue weighted by Gasteiger charge is 2.47. The number of nitrogens with zero attached hydrogens (tertiary/aromatic N) is 2. The van der Waals surface area contributed by atoms with E-state index in [1.165, 1.54) is 31.6 Å². The first-order chi connectivity index (χ1) is 13.4. The summed E-state index contributed by atoms with van der Waals surface area (Å²) in [7, 11) is 0. The minimum absolute atomic E-state index is 0.0764. The second kappa shape index (κ2) is 9.07. The van der Waals surface area contributed by atoms with Gasteiger partial charge >= 0.3 is 6.03 Å². The van der Waals surface area contributed by atoms with Crippen LogP contribution < -0.4 is 10.1 Å². The van der Waals surface area contributed by atoms with Crippen molar-refractivity contribution in [1.29, 1.82) is 0 Å². The van der Waals surface area contributed by atoms with Crippen molar-refractivity contribution in [2.75, 3.05) is 39.3 Å². The molecule has 0 radical (unpaired) electrons. The van der Waals surface area contributed by atoms with Gasteiger partial charge in [0.15, 0.2) is 0 Å². The van der Waals surface area contributed by atoms with E-state index in [1.807, 2.05) is 24.3 Å². The molecule has 2 amide bonds. The molecule has 2 aliphatic rings. The minimum atomic E-state index is -2.72. The van der Waals surface area contributed by atoms with E-state index in [0.717, 1.165) is 30.9 Å². The number of benzene rings is 1. The third-order valence-electron chi connectivity index (χ3n) is 5.83. The molecular weight excluding hydrogens is 364 g/mol. The zero-order chi connectivity index (χ0) is 20.1. The maximum atomic E-state index is 13.9. The van der Waals surface area contributed by atoms with Gasteiger partial charge in [-0.2, -0.15) is 0 Å². The van der Waals surface area contributed by atoms with E-state index in [0.29, 0.717) is 13.2 Å². The third-order valence-corrected chi connectivity index (χ3v) is 5.83. The lowest BCUT2D eigenvalue weighted by molar-refractivity contribution is -0.131. The SMILES string of the molecule is CC1CN(C(=O)NCc2ccc(OCCN3CCCC3)cc2)CC(C)C1(F)F. The predicted octanol–water partition coefficient (Wildman–Crippen LogP) is 3.59. The number of ether oxygens (including phenoxy) is 1. The molecule has 0 bridgehead atoms. The van der Waals surface area contributed by atoms with Crippen molar-refractivity contribution in [2.24, 2.45) is 11.8 Å². The molecule has 2 saturated heterocycles. The Morgan fingerprint density at radius 1 is 1.14 bits per heavy atom. The second-order valence-electron chi connectivity index (χ2n) is 8.08. The summed E-state index contributed by atoms with van der Waals surface area (Å²) in [6.45, 7) is 7.46. The van der Waals surface area contributed by atoms with Crippen LogP contribution in [0, 0.1) is 11.8 Å². The quantitative estimate of drug-likeness (QED) is 0.801. The van der Waals surface area contributed by atoms with Gasteiger partial charge in [0.25, 0.3) is 5.92 Å². The summed E-state index contributed by atoms with van der Waals surface area (Å²) in [5.41, 5.74) is 0.948. The van der Waals surface area contributed by atoms with Crippen molar-refractivity contribution in [3.8, 4) is 5.75 Å². The molecule has 1 aromatic rings. The van der Waals surface area contributed by atoms with Gasteiger partial charge in [0.1, 0.15) is 12.4 Å². The van der Waals surface area contributed by atoms with Crippen LogP contribution in [0.4, 0.5) is 13.6 Å². The van der Waals surface area contributed by atoms with Gasteiger partial charge in [0.05, 0.1) is 0 Å². The average molecular weight is 395 g/mol. The van der Waals surface area contributed by atoms with Gasteiger partial charge < -0.3 is 15.0 Å². The maximum absolute atomic E-state index is 13.9. The Hall–Kier alpha value is -1.89. The molecule has 3 rings (SSSR count). The normalized spacial score (nSPS) is 24.9. The molecule has 1 aromatic carbocycles. The number of carbonyl (C=O) groups is 1. The van der Waals surface area contributed by atoms with Crippen molar-refractivity contribution in [3.05, 3.63) is 29.8 Å². The van der Waals surface area contributed by atoms with Gasteiger partial charge in [0, 0.05) is 38.0 Å². The van der Waals surface area contributed by atoms with Crippen molar-refractivity contribution in [2.45, 2.75) is 39.2 Å². The van der Waals surface area contributed by atoms with Gasteiger partial charge in [-0.25, -0.2) is 13.6 Å². The van der Waals surface area contributed by atoms with E-state index in [-0.39, 0.29) is 19.1 Å². The predicted molar refractivity (Wildman–Crippen MR) is 105 cm³/mol. The summed E-state index contributed by atoms with van der Waals surface area (Å²) >= 11 is 0. The number of rotatable bonds is 6. The molecule has 2 unspecified atom stereocenters. The molecule has 156 valence electrons. The summed E-state index contributed by atoms with van der Waals surface area (Å²) in [5, 5.41) is 2.83. The van der Waals surface area contributed by atoms with Crippen LogP contribution in [-0.2, 0) is 6.54 Å². The number of nitrogens with one attached hydrogen (secondary N) is 1. The maximum Gasteiger partial charge on any atom is 0.317 e. The first-order valence-corrected chi connectivity index (χ1v) is 10.2. The van der Waals surface area contributed by atoms with E-state index in [9.17, 15) is 13.6 Å². The molecule has 2 atom stereocenters. The Labute approximate surface area is 166 Å². The number of amides is 2. The molecule has 2 aliphatic heterocycles. The Morgan fingerprint density at radius 3 is 2.36 bits per heavy atom. The Kier molecular flexibility index (Phi) is 6.75. The Balaban J connectivity index is 1.41. The largest absolute Gasteiger partial charge is 0.492 e. The number of halogens is 2. The van der Waals surface area contributed by atoms with Gasteiger partial charge in [-0.05, 0) is 43.6 Å². The fourth-order valence-corrected chi connectivity index (χ4v) is 3.92. The average Bonchev–Trinajstić information content (AvgIpc) is 3.18. The van der Waals surface area contributed by atoms with Crippen LogP contribution in [0.5, 0.6) is 5.75 Å². The summed E-state index contributed by atoms with van der Waals surface area (Å²) in [5.74, 6) is -3.57. The number of carbonyl (C=O) groups excluding carboxylic acids is 1. The fourth-order valence-electron chi connectivity index (χ4n) is 3.92. The topological polar surface area (TPSA) is 44.8 Å². The highest BCUT2D eigenvalue weighted by molar-refractivity contribution is 5.74. The second-order valence-corrected chi connectivity index (χ2v) is 8.08. The first kappa shape index (κ1) is 20.8. The van der Waals surface area contributed by atoms with Gasteiger partial charge in [0.2, 0.25) is 0 Å². The number of urea groups is 1. The standard InChI is InChI=1S/C21H31F2N3O2/c1-16-14-26(15-17(2)21(16,22)23)20(27)24-13-18-5-7-19(8-6-18)28-12-11-25-9-3-4-10-25/h5-8,16-17H,3-4,9-15H2,1-2H3,(H,24,27). The lowest BCUT2D eigenvalue weighted by atomic mass is 9.87. The van der Waals surface area contributed by atoms with Crippen LogP contribution in [0.1, 0.15) is 32.3 Å². The lowest BCUT2D eigenvalue weighted by Crippen LogP contribution is -2.55. The molecule has 0 saturated carbocycles. The van der Waals surface area contributed by atoms with Crippen LogP contribution in [0.3, 0.4) is 0 Å². The van der Waals surface area contributed by atoms with Gasteiger partial charge in [-0.1, -0.05) is 26.0 Å². The van der Waals surface area contributed by atoms with E-state index < -0.39 is 17.8 Å². The van der Waals surface area contributed by atoms with E-state index in [1.54, 1.807) is 0 Å². The third kappa shape index (κ3) is 5.13. The zero-order valence-corrected chi connectivity index (χ0v) is 16.8. The molecular formula is C21H31F2N3O2. The lowest BCUT2D eigenvalue weighted by Gasteiger charge is -2.41. The number of hydrogen-bond acceptors (Lipinski definition) is 3. The van der Waals surface area contributed by atoms with Crippen LogP contribution in [-0.4, -0.2) is 61.1 Å². The van der Waals surface area contributed by atoms with E-state index in [2.05, 4.69) is 10.2 Å². The zero-order valence-electron chi connectivity index (χ0n) is 16.8. The number of piperidine rings is 1. The Bertz CT molecular complexity index is 634. The molecule has 2 heterocycles. The minimum Gasteiger partial charge on any atom is -0.492 e. The summed E-state index contributed by atoms with van der Waals surface area (Å²) in [6, 6.07) is 7.34. The smallest absolute Gasteiger partial charge is 0.317 e. The highest BCUT2D eigenvalue weighted by atomic mass is 19.3. The van der Waals surface area contributed by atoms with Crippen LogP contribution in [0.15, 0.2) is 24.3 Å². The Morgan fingerprint density at radius 2 is 1.75 bits per heavy atom. The summed E-state index contributed by atoms with van der Waals surface area (Å²) in [6.07, 6.45) is 2.55. The number of hydrogen-bond donors (Lipinski definition) is 1. The van der Waals surface area contributed by atoms with Crippen LogP contribution in [0.2, 0.25) is 0 Å². The van der Waals surface area contributed by atoms with Crippen LogP contribution in [0.25, 0.3) is 0 Å². The van der Waals surface area contributed by atoms with Crippen molar-refractivity contribution >= 4 is 6.03 Å². The van der Waals surface area contributed by atoms with Crippen molar-refractivity contribution < 1.29 is 18.3 Å². The first-order valence-electron chi connectivity index (χ1n) is 10.2. The summed E-state index contributed by atoms with van der Waals surface area (Å²) in [4.78, 5) is 16.2. The fraction of sp³-hybridized carbons (Fsp3) is 0.667. The molecule has 0 aromatic heterocycles.